The van der Waals surface area contributed by atoms with E-state index in [2.05, 4.69) is 15.3 Å². The van der Waals surface area contributed by atoms with Gasteiger partial charge in [0, 0.05) is 35.9 Å². The molecule has 27 heavy (non-hydrogen) atoms. The Bertz CT molecular complexity index is 940. The predicted octanol–water partition coefficient (Wildman–Crippen LogP) is 4.09. The first-order valence-electron chi connectivity index (χ1n) is 8.65. The van der Waals surface area contributed by atoms with Gasteiger partial charge in [-0.25, -0.2) is 9.97 Å². The number of hydrogen-bond acceptors (Lipinski definition) is 5. The molecule has 1 aromatic heterocycles. The van der Waals surface area contributed by atoms with E-state index in [1.807, 2.05) is 43.3 Å². The first-order chi connectivity index (χ1) is 13.1. The lowest BCUT2D eigenvalue weighted by Crippen LogP contribution is -2.30. The van der Waals surface area contributed by atoms with Crippen LogP contribution < -0.4 is 10.2 Å². The average Bonchev–Trinajstić information content (AvgIpc) is 2.70. The van der Waals surface area contributed by atoms with Crippen LogP contribution in [-0.2, 0) is 0 Å². The van der Waals surface area contributed by atoms with Crippen LogP contribution in [0.25, 0.3) is 0 Å². The fourth-order valence-electron chi connectivity index (χ4n) is 2.66. The van der Waals surface area contributed by atoms with E-state index < -0.39 is 0 Å². The van der Waals surface area contributed by atoms with Gasteiger partial charge in [-0.2, -0.15) is 0 Å². The lowest BCUT2D eigenvalue weighted by Gasteiger charge is -2.20. The summed E-state index contributed by atoms with van der Waals surface area (Å²) in [5, 5.41) is 3.04. The molecule has 3 rings (SSSR count). The summed E-state index contributed by atoms with van der Waals surface area (Å²) in [7, 11) is 0. The monoisotopic (exact) mass is 360 g/mol. The van der Waals surface area contributed by atoms with Gasteiger partial charge in [-0.3, -0.25) is 9.59 Å². The number of nitrogens with zero attached hydrogens (tertiary/aromatic N) is 3. The summed E-state index contributed by atoms with van der Waals surface area (Å²) in [4.78, 5) is 34.4. The van der Waals surface area contributed by atoms with Crippen LogP contribution in [0.1, 0.15) is 34.6 Å². The number of aromatic nitrogens is 2. The van der Waals surface area contributed by atoms with E-state index in [1.54, 1.807) is 23.1 Å². The molecule has 0 unspecified atom stereocenters. The number of anilines is 3. The van der Waals surface area contributed by atoms with Gasteiger partial charge in [0.2, 0.25) is 5.95 Å². The first-order valence-corrected chi connectivity index (χ1v) is 8.65. The van der Waals surface area contributed by atoms with Crippen molar-refractivity contribution in [3.05, 3.63) is 78.1 Å². The van der Waals surface area contributed by atoms with Crippen LogP contribution in [0, 0.1) is 0 Å². The molecule has 1 N–H and O–H groups in total. The van der Waals surface area contributed by atoms with Gasteiger partial charge < -0.3 is 10.2 Å². The minimum atomic E-state index is -0.158. The fraction of sp³-hybridized carbons (Fsp3) is 0.143. The number of carbonyl (C=O) groups excluding carboxylic acids is 2. The summed E-state index contributed by atoms with van der Waals surface area (Å²) in [5.74, 6) is 0.185. The quantitative estimate of drug-likeness (QED) is 0.670. The van der Waals surface area contributed by atoms with Crippen LogP contribution >= 0.6 is 0 Å². The second-order valence-electron chi connectivity index (χ2n) is 5.94. The molecule has 2 aromatic carbocycles. The zero-order valence-corrected chi connectivity index (χ0v) is 15.2. The molecular weight excluding hydrogens is 340 g/mol. The largest absolute Gasteiger partial charge is 0.324 e. The number of ketones is 1. The van der Waals surface area contributed by atoms with Crippen LogP contribution in [-0.4, -0.2) is 28.2 Å². The normalized spacial score (nSPS) is 10.3. The maximum absolute atomic E-state index is 12.8. The number of carbonyl (C=O) groups is 2. The molecular formula is C21H20N4O2. The van der Waals surface area contributed by atoms with Crippen molar-refractivity contribution in [2.24, 2.45) is 0 Å². The van der Waals surface area contributed by atoms with Gasteiger partial charge in [-0.05, 0) is 38.1 Å². The third-order valence-electron chi connectivity index (χ3n) is 4.05. The van der Waals surface area contributed by atoms with Crippen LogP contribution in [0.3, 0.4) is 0 Å². The maximum Gasteiger partial charge on any atom is 0.261 e. The highest BCUT2D eigenvalue weighted by atomic mass is 16.2. The Morgan fingerprint density at radius 1 is 0.963 bits per heavy atom. The smallest absolute Gasteiger partial charge is 0.261 e. The molecule has 0 fully saturated rings. The number of Topliss-reactive ketones (excluding diaryl/α,β-unsaturated/α-hetero) is 1. The molecule has 0 saturated carbocycles. The lowest BCUT2D eigenvalue weighted by molar-refractivity contribution is 0.0985. The maximum atomic E-state index is 12.8. The van der Waals surface area contributed by atoms with Gasteiger partial charge in [-0.15, -0.1) is 0 Å². The topological polar surface area (TPSA) is 75.2 Å². The summed E-state index contributed by atoms with van der Waals surface area (Å²) < 4.78 is 0. The molecule has 1 amide bonds. The van der Waals surface area contributed by atoms with Crippen molar-refractivity contribution in [1.82, 2.24) is 9.97 Å². The van der Waals surface area contributed by atoms with Crippen molar-refractivity contribution >= 4 is 29.0 Å². The van der Waals surface area contributed by atoms with Gasteiger partial charge >= 0.3 is 0 Å². The van der Waals surface area contributed by atoms with E-state index in [-0.39, 0.29) is 11.7 Å². The van der Waals surface area contributed by atoms with E-state index in [9.17, 15) is 9.59 Å². The highest BCUT2D eigenvalue weighted by Gasteiger charge is 2.16. The number of nitrogens with one attached hydrogen (secondary N) is 1. The summed E-state index contributed by atoms with van der Waals surface area (Å²) in [5.41, 5.74) is 2.55. The van der Waals surface area contributed by atoms with Crippen molar-refractivity contribution in [1.29, 1.82) is 0 Å². The number of benzene rings is 2. The SMILES string of the molecule is CCN(C(=O)c1cnc(Nc2cccc(C(C)=O)c2)nc1)c1ccccc1. The number of rotatable bonds is 6. The Labute approximate surface area is 157 Å². The number of hydrogen-bond donors (Lipinski definition) is 1. The van der Waals surface area contributed by atoms with Crippen molar-refractivity contribution in [3.8, 4) is 0 Å². The molecule has 0 radical (unpaired) electrons. The van der Waals surface area contributed by atoms with Crippen LogP contribution in [0.15, 0.2) is 67.0 Å². The van der Waals surface area contributed by atoms with Crippen molar-refractivity contribution < 1.29 is 9.59 Å². The zero-order valence-electron chi connectivity index (χ0n) is 15.2. The van der Waals surface area contributed by atoms with E-state index in [0.29, 0.717) is 29.3 Å². The predicted molar refractivity (Wildman–Crippen MR) is 106 cm³/mol. The van der Waals surface area contributed by atoms with Crippen molar-refractivity contribution in [2.45, 2.75) is 13.8 Å². The van der Waals surface area contributed by atoms with Gasteiger partial charge in [0.1, 0.15) is 0 Å². The molecule has 136 valence electrons. The third-order valence-corrected chi connectivity index (χ3v) is 4.05. The van der Waals surface area contributed by atoms with Gasteiger partial charge in [0.15, 0.2) is 5.78 Å². The molecule has 0 atom stereocenters. The first kappa shape index (κ1) is 18.3. The molecule has 0 saturated heterocycles. The minimum absolute atomic E-state index is 0.0129. The Balaban J connectivity index is 1.76. The molecule has 3 aromatic rings. The average molecular weight is 360 g/mol. The van der Waals surface area contributed by atoms with Gasteiger partial charge in [-0.1, -0.05) is 30.3 Å². The standard InChI is InChI=1S/C21H20N4O2/c1-3-25(19-10-5-4-6-11-19)20(27)17-13-22-21(23-14-17)24-18-9-7-8-16(12-18)15(2)26/h4-14H,3H2,1-2H3,(H,22,23,24). The van der Waals surface area contributed by atoms with E-state index >= 15 is 0 Å². The Hall–Kier alpha value is -3.54. The zero-order chi connectivity index (χ0) is 19.2. The van der Waals surface area contributed by atoms with Crippen molar-refractivity contribution in [2.75, 3.05) is 16.8 Å². The second kappa shape index (κ2) is 8.23. The molecule has 6 nitrogen and oxygen atoms in total. The van der Waals surface area contributed by atoms with Crippen LogP contribution in [0.2, 0.25) is 0 Å². The third kappa shape index (κ3) is 4.36. The summed E-state index contributed by atoms with van der Waals surface area (Å²) in [6, 6.07) is 16.6. The summed E-state index contributed by atoms with van der Waals surface area (Å²) >= 11 is 0. The molecule has 0 aliphatic carbocycles. The van der Waals surface area contributed by atoms with E-state index in [4.69, 9.17) is 0 Å². The molecule has 0 aliphatic heterocycles. The Kier molecular flexibility index (Phi) is 5.56. The van der Waals surface area contributed by atoms with E-state index in [0.717, 1.165) is 5.69 Å². The summed E-state index contributed by atoms with van der Waals surface area (Å²) in [6.45, 7) is 3.98. The molecule has 0 aliphatic rings. The van der Waals surface area contributed by atoms with Crippen LogP contribution in [0.4, 0.5) is 17.3 Å². The lowest BCUT2D eigenvalue weighted by atomic mass is 10.1. The Morgan fingerprint density at radius 2 is 1.67 bits per heavy atom. The number of amides is 1. The molecule has 0 spiro atoms. The molecule has 6 heteroatoms. The highest BCUT2D eigenvalue weighted by molar-refractivity contribution is 6.05. The Morgan fingerprint density at radius 3 is 2.30 bits per heavy atom. The van der Waals surface area contributed by atoms with Crippen molar-refractivity contribution in [3.63, 3.8) is 0 Å². The summed E-state index contributed by atoms with van der Waals surface area (Å²) in [6.07, 6.45) is 3.00. The molecule has 0 bridgehead atoms. The van der Waals surface area contributed by atoms with Crippen LogP contribution in [0.5, 0.6) is 0 Å². The second-order valence-corrected chi connectivity index (χ2v) is 5.94. The van der Waals surface area contributed by atoms with E-state index in [1.165, 1.54) is 19.3 Å². The molecule has 1 heterocycles. The fourth-order valence-corrected chi connectivity index (χ4v) is 2.66. The van der Waals surface area contributed by atoms with Gasteiger partial charge in [0.05, 0.1) is 5.56 Å². The highest BCUT2D eigenvalue weighted by Crippen LogP contribution is 2.18. The number of para-hydroxylation sites is 1. The minimum Gasteiger partial charge on any atom is -0.324 e. The van der Waals surface area contributed by atoms with Gasteiger partial charge in [0.25, 0.3) is 5.91 Å².